The molecule has 0 spiro atoms. The lowest BCUT2D eigenvalue weighted by molar-refractivity contribution is 0.171. The van der Waals surface area contributed by atoms with Gasteiger partial charge >= 0.3 is 0 Å². The molecular weight excluding hydrogens is 264 g/mol. The van der Waals surface area contributed by atoms with Crippen molar-refractivity contribution in [3.05, 3.63) is 23.8 Å². The van der Waals surface area contributed by atoms with Crippen molar-refractivity contribution in [2.75, 3.05) is 32.8 Å². The van der Waals surface area contributed by atoms with Gasteiger partial charge in [-0.2, -0.15) is 0 Å². The highest BCUT2D eigenvalue weighted by atomic mass is 16.6. The largest absolute Gasteiger partial charge is 0.486 e. The average Bonchev–Trinajstić information content (AvgIpc) is 2.54. The number of nitrogens with one attached hydrogen (secondary N) is 1. The van der Waals surface area contributed by atoms with Gasteiger partial charge in [0.15, 0.2) is 11.5 Å². The monoisotopic (exact) mass is 290 g/mol. The number of likely N-dealkylation sites (tertiary alicyclic amines) is 1. The summed E-state index contributed by atoms with van der Waals surface area (Å²) in [6.45, 7) is 9.32. The Morgan fingerprint density at radius 2 is 2.10 bits per heavy atom. The Morgan fingerprint density at radius 3 is 2.90 bits per heavy atom. The highest BCUT2D eigenvalue weighted by molar-refractivity contribution is 5.44. The Kier molecular flexibility index (Phi) is 4.66. The van der Waals surface area contributed by atoms with Crippen LogP contribution in [-0.2, 0) is 0 Å². The number of hydrogen-bond donors (Lipinski definition) is 1. The van der Waals surface area contributed by atoms with Gasteiger partial charge in [0.25, 0.3) is 0 Å². The summed E-state index contributed by atoms with van der Waals surface area (Å²) in [4.78, 5) is 2.53. The molecule has 3 rings (SSSR count). The van der Waals surface area contributed by atoms with E-state index in [9.17, 15) is 0 Å². The topological polar surface area (TPSA) is 33.7 Å². The summed E-state index contributed by atoms with van der Waals surface area (Å²) in [6.07, 6.45) is 2.56. The first kappa shape index (κ1) is 14.7. The van der Waals surface area contributed by atoms with Crippen molar-refractivity contribution in [3.8, 4) is 11.5 Å². The SMILES string of the molecule is CCN1CCCC(NC(C)c2ccc3c(c2)OCCO3)C1. The second-order valence-corrected chi connectivity index (χ2v) is 6.02. The molecule has 2 aliphatic heterocycles. The minimum atomic E-state index is 0.336. The Morgan fingerprint density at radius 1 is 1.29 bits per heavy atom. The molecule has 0 aliphatic carbocycles. The smallest absolute Gasteiger partial charge is 0.161 e. The Hall–Kier alpha value is -1.26. The zero-order valence-corrected chi connectivity index (χ0v) is 13.1. The first-order valence-electron chi connectivity index (χ1n) is 8.14. The molecule has 1 aromatic carbocycles. The molecule has 4 nitrogen and oxygen atoms in total. The summed E-state index contributed by atoms with van der Waals surface area (Å²) >= 11 is 0. The summed E-state index contributed by atoms with van der Waals surface area (Å²) in [5.74, 6) is 1.75. The lowest BCUT2D eigenvalue weighted by Crippen LogP contribution is -2.46. The van der Waals surface area contributed by atoms with E-state index in [4.69, 9.17) is 9.47 Å². The molecule has 2 atom stereocenters. The fraction of sp³-hybridized carbons (Fsp3) is 0.647. The Bertz CT molecular complexity index is 478. The molecular formula is C17H26N2O2. The van der Waals surface area contributed by atoms with Crippen LogP contribution in [0.1, 0.15) is 38.3 Å². The molecule has 0 saturated carbocycles. The predicted molar refractivity (Wildman–Crippen MR) is 84.1 cm³/mol. The number of rotatable bonds is 4. The summed E-state index contributed by atoms with van der Waals surface area (Å²) in [6, 6.07) is 7.21. The van der Waals surface area contributed by atoms with Crippen LogP contribution in [0.15, 0.2) is 18.2 Å². The van der Waals surface area contributed by atoms with E-state index >= 15 is 0 Å². The quantitative estimate of drug-likeness (QED) is 0.924. The molecule has 0 amide bonds. The fourth-order valence-electron chi connectivity index (χ4n) is 3.26. The van der Waals surface area contributed by atoms with Gasteiger partial charge in [0, 0.05) is 18.6 Å². The van der Waals surface area contributed by atoms with Crippen LogP contribution in [0.5, 0.6) is 11.5 Å². The molecule has 116 valence electrons. The van der Waals surface area contributed by atoms with Gasteiger partial charge in [-0.1, -0.05) is 13.0 Å². The molecule has 1 saturated heterocycles. The molecule has 1 N–H and O–H groups in total. The second-order valence-electron chi connectivity index (χ2n) is 6.02. The number of fused-ring (bicyclic) bond motifs is 1. The number of benzene rings is 1. The van der Waals surface area contributed by atoms with Crippen LogP contribution in [-0.4, -0.2) is 43.8 Å². The maximum Gasteiger partial charge on any atom is 0.161 e. The van der Waals surface area contributed by atoms with Crippen molar-refractivity contribution < 1.29 is 9.47 Å². The minimum Gasteiger partial charge on any atom is -0.486 e. The lowest BCUT2D eigenvalue weighted by Gasteiger charge is -2.34. The van der Waals surface area contributed by atoms with Crippen molar-refractivity contribution >= 4 is 0 Å². The second kappa shape index (κ2) is 6.67. The van der Waals surface area contributed by atoms with Crippen molar-refractivity contribution in [2.45, 2.75) is 38.8 Å². The van der Waals surface area contributed by atoms with E-state index in [0.29, 0.717) is 25.3 Å². The lowest BCUT2D eigenvalue weighted by atomic mass is 10.0. The normalized spacial score (nSPS) is 23.8. The Labute approximate surface area is 127 Å². The van der Waals surface area contributed by atoms with E-state index in [1.165, 1.54) is 24.9 Å². The molecule has 2 heterocycles. The molecule has 21 heavy (non-hydrogen) atoms. The Balaban J connectivity index is 1.63. The van der Waals surface area contributed by atoms with E-state index < -0.39 is 0 Å². The molecule has 2 aliphatic rings. The standard InChI is InChI=1S/C17H26N2O2/c1-3-19-8-4-5-15(12-19)18-13(2)14-6-7-16-17(11-14)21-10-9-20-16/h6-7,11,13,15,18H,3-5,8-10,12H2,1-2H3. The van der Waals surface area contributed by atoms with E-state index in [0.717, 1.165) is 24.6 Å². The molecule has 1 aromatic rings. The van der Waals surface area contributed by atoms with Crippen LogP contribution in [0.4, 0.5) is 0 Å². The third-order valence-corrected chi connectivity index (χ3v) is 4.50. The highest BCUT2D eigenvalue weighted by Gasteiger charge is 2.21. The first-order valence-corrected chi connectivity index (χ1v) is 8.14. The number of nitrogens with zero attached hydrogens (tertiary/aromatic N) is 1. The summed E-state index contributed by atoms with van der Waals surface area (Å²) in [5, 5.41) is 3.77. The molecule has 0 radical (unpaired) electrons. The van der Waals surface area contributed by atoms with Gasteiger partial charge in [-0.3, -0.25) is 0 Å². The van der Waals surface area contributed by atoms with Crippen LogP contribution >= 0.6 is 0 Å². The third-order valence-electron chi connectivity index (χ3n) is 4.50. The maximum absolute atomic E-state index is 5.68. The van der Waals surface area contributed by atoms with E-state index in [1.54, 1.807) is 0 Å². The first-order chi connectivity index (χ1) is 10.3. The van der Waals surface area contributed by atoms with Crippen LogP contribution in [0.2, 0.25) is 0 Å². The van der Waals surface area contributed by atoms with Gasteiger partial charge in [0.1, 0.15) is 13.2 Å². The van der Waals surface area contributed by atoms with Gasteiger partial charge in [-0.15, -0.1) is 0 Å². The number of hydrogen-bond acceptors (Lipinski definition) is 4. The van der Waals surface area contributed by atoms with Crippen LogP contribution in [0, 0.1) is 0 Å². The highest BCUT2D eigenvalue weighted by Crippen LogP contribution is 2.32. The van der Waals surface area contributed by atoms with Crippen molar-refractivity contribution in [1.82, 2.24) is 10.2 Å². The molecule has 0 bridgehead atoms. The van der Waals surface area contributed by atoms with Crippen molar-refractivity contribution in [3.63, 3.8) is 0 Å². The predicted octanol–water partition coefficient (Wildman–Crippen LogP) is 2.59. The van der Waals surface area contributed by atoms with E-state index in [-0.39, 0.29) is 0 Å². The van der Waals surface area contributed by atoms with Gasteiger partial charge < -0.3 is 19.7 Å². The number of likely N-dealkylation sites (N-methyl/N-ethyl adjacent to an activating group) is 1. The number of ether oxygens (including phenoxy) is 2. The van der Waals surface area contributed by atoms with Crippen molar-refractivity contribution in [2.24, 2.45) is 0 Å². The van der Waals surface area contributed by atoms with Crippen LogP contribution < -0.4 is 14.8 Å². The molecule has 4 heteroatoms. The van der Waals surface area contributed by atoms with Gasteiger partial charge in [0.05, 0.1) is 0 Å². The van der Waals surface area contributed by atoms with Gasteiger partial charge in [-0.05, 0) is 50.6 Å². The average molecular weight is 290 g/mol. The van der Waals surface area contributed by atoms with Gasteiger partial charge in [-0.25, -0.2) is 0 Å². The molecule has 2 unspecified atom stereocenters. The minimum absolute atomic E-state index is 0.336. The zero-order valence-electron chi connectivity index (χ0n) is 13.1. The van der Waals surface area contributed by atoms with Crippen LogP contribution in [0.25, 0.3) is 0 Å². The fourth-order valence-corrected chi connectivity index (χ4v) is 3.26. The summed E-state index contributed by atoms with van der Waals surface area (Å²) in [5.41, 5.74) is 1.27. The third kappa shape index (κ3) is 3.50. The van der Waals surface area contributed by atoms with Crippen molar-refractivity contribution in [1.29, 1.82) is 0 Å². The van der Waals surface area contributed by atoms with Crippen LogP contribution in [0.3, 0.4) is 0 Å². The zero-order chi connectivity index (χ0) is 14.7. The summed E-state index contributed by atoms with van der Waals surface area (Å²) in [7, 11) is 0. The molecule has 0 aromatic heterocycles. The molecule has 1 fully saturated rings. The number of piperidine rings is 1. The van der Waals surface area contributed by atoms with E-state index in [1.807, 2.05) is 6.07 Å². The summed E-state index contributed by atoms with van der Waals surface area (Å²) < 4.78 is 11.3. The van der Waals surface area contributed by atoms with E-state index in [2.05, 4.69) is 36.2 Å². The van der Waals surface area contributed by atoms with Gasteiger partial charge in [0.2, 0.25) is 0 Å². The maximum atomic E-state index is 5.68.